The van der Waals surface area contributed by atoms with E-state index in [2.05, 4.69) is 26.2 Å². The summed E-state index contributed by atoms with van der Waals surface area (Å²) in [5, 5.41) is 2.71. The highest BCUT2D eigenvalue weighted by atomic mass is 79.9. The van der Waals surface area contributed by atoms with Crippen LogP contribution in [0.3, 0.4) is 0 Å². The van der Waals surface area contributed by atoms with Crippen LogP contribution in [0.25, 0.3) is 0 Å². The fourth-order valence-corrected chi connectivity index (χ4v) is 1.32. The summed E-state index contributed by atoms with van der Waals surface area (Å²) < 4.78 is 0.623. The van der Waals surface area contributed by atoms with Gasteiger partial charge in [0.05, 0.1) is 5.69 Å². The minimum absolute atomic E-state index is 0.103. The van der Waals surface area contributed by atoms with Crippen LogP contribution in [0.4, 0.5) is 5.69 Å². The van der Waals surface area contributed by atoms with Crippen molar-refractivity contribution in [1.82, 2.24) is 4.98 Å². The Labute approximate surface area is 91.0 Å². The van der Waals surface area contributed by atoms with E-state index in [4.69, 9.17) is 5.73 Å². The quantitative estimate of drug-likeness (QED) is 0.807. The number of aromatic nitrogens is 1. The van der Waals surface area contributed by atoms with Gasteiger partial charge in [-0.25, -0.2) is 4.98 Å². The van der Waals surface area contributed by atoms with Crippen LogP contribution < -0.4 is 11.1 Å². The molecule has 1 amide bonds. The van der Waals surface area contributed by atoms with E-state index in [-0.39, 0.29) is 11.9 Å². The summed E-state index contributed by atoms with van der Waals surface area (Å²) in [4.78, 5) is 15.3. The van der Waals surface area contributed by atoms with Crippen molar-refractivity contribution in [2.45, 2.75) is 19.4 Å². The summed E-state index contributed by atoms with van der Waals surface area (Å²) in [7, 11) is 0. The van der Waals surface area contributed by atoms with Crippen molar-refractivity contribution in [2.24, 2.45) is 5.73 Å². The third-order valence-electron chi connectivity index (χ3n) is 1.54. The van der Waals surface area contributed by atoms with Crippen molar-refractivity contribution in [1.29, 1.82) is 0 Å². The van der Waals surface area contributed by atoms with Crippen LogP contribution in [0, 0.1) is 0 Å². The van der Waals surface area contributed by atoms with Crippen molar-refractivity contribution in [2.75, 3.05) is 5.32 Å². The number of amides is 1. The number of carbonyl (C=O) groups excluding carboxylic acids is 1. The Kier molecular flexibility index (Phi) is 4.03. The molecule has 1 aromatic heterocycles. The number of hydrogen-bond acceptors (Lipinski definition) is 3. The number of hydrogen-bond donors (Lipinski definition) is 2. The van der Waals surface area contributed by atoms with E-state index >= 15 is 0 Å². The summed E-state index contributed by atoms with van der Waals surface area (Å²) in [6, 6.07) is 3.40. The van der Waals surface area contributed by atoms with Gasteiger partial charge in [0.2, 0.25) is 5.91 Å². The van der Waals surface area contributed by atoms with Crippen molar-refractivity contribution in [3.05, 3.63) is 22.9 Å². The Morgan fingerprint density at radius 2 is 2.50 bits per heavy atom. The molecule has 0 aromatic carbocycles. The summed E-state index contributed by atoms with van der Waals surface area (Å²) >= 11 is 3.23. The number of carbonyl (C=O) groups is 1. The first kappa shape index (κ1) is 11.1. The molecule has 1 aromatic rings. The standard InChI is InChI=1S/C9H12BrN3O/c1-6(11)5-8(14)13-7-3-2-4-12-9(7)10/h2-4,6H,5,11H2,1H3,(H,13,14). The number of nitrogens with zero attached hydrogens (tertiary/aromatic N) is 1. The molecule has 0 aliphatic rings. The van der Waals surface area contributed by atoms with Crippen molar-refractivity contribution >= 4 is 27.5 Å². The van der Waals surface area contributed by atoms with E-state index in [0.717, 1.165) is 0 Å². The number of halogens is 1. The molecule has 76 valence electrons. The molecule has 14 heavy (non-hydrogen) atoms. The predicted molar refractivity (Wildman–Crippen MR) is 58.8 cm³/mol. The van der Waals surface area contributed by atoms with Gasteiger partial charge in [-0.2, -0.15) is 0 Å². The first-order chi connectivity index (χ1) is 6.59. The zero-order valence-corrected chi connectivity index (χ0v) is 9.41. The van der Waals surface area contributed by atoms with Crippen molar-refractivity contribution < 1.29 is 4.79 Å². The van der Waals surface area contributed by atoms with Crippen LogP contribution in [-0.2, 0) is 4.79 Å². The highest BCUT2D eigenvalue weighted by molar-refractivity contribution is 9.10. The second-order valence-electron chi connectivity index (χ2n) is 3.07. The van der Waals surface area contributed by atoms with Gasteiger partial charge in [-0.3, -0.25) is 4.79 Å². The molecule has 3 N–H and O–H groups in total. The Bertz CT molecular complexity index is 328. The molecule has 0 saturated carbocycles. The normalized spacial score (nSPS) is 12.2. The number of nitrogens with two attached hydrogens (primary N) is 1. The SMILES string of the molecule is CC(N)CC(=O)Nc1cccnc1Br. The van der Waals surface area contributed by atoms with Gasteiger partial charge in [0.15, 0.2) is 0 Å². The minimum Gasteiger partial charge on any atom is -0.327 e. The lowest BCUT2D eigenvalue weighted by Crippen LogP contribution is -2.24. The smallest absolute Gasteiger partial charge is 0.225 e. The van der Waals surface area contributed by atoms with Crippen LogP contribution >= 0.6 is 15.9 Å². The molecule has 0 saturated heterocycles. The van der Waals surface area contributed by atoms with Crippen LogP contribution in [0.1, 0.15) is 13.3 Å². The maximum Gasteiger partial charge on any atom is 0.225 e. The van der Waals surface area contributed by atoms with Gasteiger partial charge in [-0.1, -0.05) is 0 Å². The largest absolute Gasteiger partial charge is 0.327 e. The highest BCUT2D eigenvalue weighted by Gasteiger charge is 2.07. The van der Waals surface area contributed by atoms with Crippen molar-refractivity contribution in [3.8, 4) is 0 Å². The summed E-state index contributed by atoms with van der Waals surface area (Å²) in [5.74, 6) is -0.103. The predicted octanol–water partition coefficient (Wildman–Crippen LogP) is 1.52. The Hall–Kier alpha value is -0.940. The van der Waals surface area contributed by atoms with Crippen LogP contribution in [-0.4, -0.2) is 16.9 Å². The Balaban J connectivity index is 2.61. The Morgan fingerprint density at radius 1 is 1.79 bits per heavy atom. The lowest BCUT2D eigenvalue weighted by molar-refractivity contribution is -0.116. The van der Waals surface area contributed by atoms with Crippen molar-refractivity contribution in [3.63, 3.8) is 0 Å². The maximum absolute atomic E-state index is 11.3. The summed E-state index contributed by atoms with van der Waals surface area (Å²) in [6.45, 7) is 1.79. The molecule has 0 aliphatic heterocycles. The maximum atomic E-state index is 11.3. The second kappa shape index (κ2) is 5.07. The second-order valence-corrected chi connectivity index (χ2v) is 3.82. The summed E-state index contributed by atoms with van der Waals surface area (Å²) in [6.07, 6.45) is 1.95. The summed E-state index contributed by atoms with van der Waals surface area (Å²) in [5.41, 5.74) is 6.16. The highest BCUT2D eigenvalue weighted by Crippen LogP contribution is 2.18. The molecule has 1 heterocycles. The topological polar surface area (TPSA) is 68.0 Å². The first-order valence-electron chi connectivity index (χ1n) is 4.25. The molecule has 0 spiro atoms. The molecule has 0 fully saturated rings. The molecular formula is C9H12BrN3O. The van der Waals surface area contributed by atoms with E-state index in [1.165, 1.54) is 0 Å². The molecule has 1 atom stereocenters. The van der Waals surface area contributed by atoms with Gasteiger partial charge in [-0.15, -0.1) is 0 Å². The van der Waals surface area contributed by atoms with Gasteiger partial charge < -0.3 is 11.1 Å². The third kappa shape index (κ3) is 3.43. The minimum atomic E-state index is -0.134. The lowest BCUT2D eigenvalue weighted by Gasteiger charge is -2.07. The Morgan fingerprint density at radius 3 is 3.07 bits per heavy atom. The first-order valence-corrected chi connectivity index (χ1v) is 5.05. The average Bonchev–Trinajstić information content (AvgIpc) is 2.07. The fraction of sp³-hybridized carbons (Fsp3) is 0.333. The molecule has 5 heteroatoms. The van der Waals surface area contributed by atoms with Gasteiger partial charge in [0, 0.05) is 18.7 Å². The lowest BCUT2D eigenvalue weighted by atomic mass is 10.2. The van der Waals surface area contributed by atoms with Crippen LogP contribution in [0.2, 0.25) is 0 Å². The number of rotatable bonds is 3. The molecule has 4 nitrogen and oxygen atoms in total. The van der Waals surface area contributed by atoms with Crippen LogP contribution in [0.5, 0.6) is 0 Å². The average molecular weight is 258 g/mol. The van der Waals surface area contributed by atoms with Gasteiger partial charge in [0.1, 0.15) is 4.60 Å². The van der Waals surface area contributed by atoms with E-state index in [1.54, 1.807) is 25.3 Å². The number of nitrogens with one attached hydrogen (secondary N) is 1. The monoisotopic (exact) mass is 257 g/mol. The molecule has 0 radical (unpaired) electrons. The molecule has 0 aliphatic carbocycles. The number of anilines is 1. The van der Waals surface area contributed by atoms with E-state index in [9.17, 15) is 4.79 Å². The van der Waals surface area contributed by atoms with Gasteiger partial charge >= 0.3 is 0 Å². The zero-order valence-electron chi connectivity index (χ0n) is 7.83. The number of pyridine rings is 1. The fourth-order valence-electron chi connectivity index (χ4n) is 0.973. The zero-order chi connectivity index (χ0) is 10.6. The van der Waals surface area contributed by atoms with Crippen LogP contribution in [0.15, 0.2) is 22.9 Å². The molecule has 1 unspecified atom stereocenters. The molecular weight excluding hydrogens is 246 g/mol. The van der Waals surface area contributed by atoms with E-state index < -0.39 is 0 Å². The van der Waals surface area contributed by atoms with Gasteiger partial charge in [-0.05, 0) is 35.0 Å². The van der Waals surface area contributed by atoms with E-state index in [1.807, 2.05) is 0 Å². The van der Waals surface area contributed by atoms with E-state index in [0.29, 0.717) is 16.7 Å². The molecule has 1 rings (SSSR count). The molecule has 0 bridgehead atoms. The third-order valence-corrected chi connectivity index (χ3v) is 2.17. The van der Waals surface area contributed by atoms with Gasteiger partial charge in [0.25, 0.3) is 0 Å².